The third-order valence-electron chi connectivity index (χ3n) is 4.13. The van der Waals surface area contributed by atoms with Crippen molar-refractivity contribution in [2.24, 2.45) is 4.99 Å². The molecule has 0 aliphatic carbocycles. The summed E-state index contributed by atoms with van der Waals surface area (Å²) < 4.78 is 11.1. The fourth-order valence-electron chi connectivity index (χ4n) is 2.63. The van der Waals surface area contributed by atoms with E-state index in [0.717, 1.165) is 38.0 Å². The number of hydrogen-bond donors (Lipinski definition) is 3. The van der Waals surface area contributed by atoms with Crippen LogP contribution in [0.5, 0.6) is 0 Å². The molecule has 2 rings (SSSR count). The van der Waals surface area contributed by atoms with E-state index < -0.39 is 0 Å². The number of ether oxygens (including phenoxy) is 2. The third-order valence-corrected chi connectivity index (χ3v) is 4.13. The fraction of sp³-hybridized carbons (Fsp3) is 0.632. The van der Waals surface area contributed by atoms with E-state index >= 15 is 0 Å². The van der Waals surface area contributed by atoms with E-state index in [1.54, 1.807) is 19.3 Å². The molecule has 0 saturated carbocycles. The van der Waals surface area contributed by atoms with Gasteiger partial charge in [0.1, 0.15) is 5.82 Å². The van der Waals surface area contributed by atoms with Gasteiger partial charge in [-0.3, -0.25) is 9.79 Å². The van der Waals surface area contributed by atoms with Crippen LogP contribution >= 0.6 is 0 Å². The van der Waals surface area contributed by atoms with Gasteiger partial charge < -0.3 is 25.4 Å². The molecule has 1 aromatic rings. The number of hydrogen-bond acceptors (Lipinski definition) is 5. The molecular weight excluding hydrogens is 346 g/mol. The predicted molar refractivity (Wildman–Crippen MR) is 106 cm³/mol. The van der Waals surface area contributed by atoms with Crippen molar-refractivity contribution in [3.05, 3.63) is 23.9 Å². The lowest BCUT2D eigenvalue weighted by atomic mass is 10.2. The summed E-state index contributed by atoms with van der Waals surface area (Å²) in [6, 6.07) is 3.71. The topological polar surface area (TPSA) is 96.9 Å². The Balaban J connectivity index is 1.50. The molecule has 3 N–H and O–H groups in total. The summed E-state index contributed by atoms with van der Waals surface area (Å²) in [6.07, 6.45) is 5.45. The number of anilines is 1. The first-order valence-electron chi connectivity index (χ1n) is 9.53. The number of pyridine rings is 1. The lowest BCUT2D eigenvalue weighted by Crippen LogP contribution is -2.39. The Labute approximate surface area is 161 Å². The van der Waals surface area contributed by atoms with Crippen LogP contribution in [0.25, 0.3) is 0 Å². The number of nitrogens with one attached hydrogen (secondary N) is 3. The van der Waals surface area contributed by atoms with Crippen molar-refractivity contribution >= 4 is 17.7 Å². The van der Waals surface area contributed by atoms with Gasteiger partial charge in [0.25, 0.3) is 0 Å². The molecule has 1 aromatic heterocycles. The van der Waals surface area contributed by atoms with Crippen molar-refractivity contribution in [2.75, 3.05) is 45.3 Å². The van der Waals surface area contributed by atoms with Gasteiger partial charge in [0.15, 0.2) is 5.96 Å². The van der Waals surface area contributed by atoms with Crippen molar-refractivity contribution < 1.29 is 14.3 Å². The zero-order valence-electron chi connectivity index (χ0n) is 16.3. The summed E-state index contributed by atoms with van der Waals surface area (Å²) in [7, 11) is 1.71. The second-order valence-electron chi connectivity index (χ2n) is 6.51. The van der Waals surface area contributed by atoms with E-state index in [9.17, 15) is 4.79 Å². The Morgan fingerprint density at radius 2 is 2.22 bits per heavy atom. The number of amides is 1. The molecule has 1 saturated heterocycles. The van der Waals surface area contributed by atoms with Gasteiger partial charge in [-0.05, 0) is 37.8 Å². The van der Waals surface area contributed by atoms with E-state index in [1.807, 2.05) is 13.0 Å². The zero-order chi connectivity index (χ0) is 19.3. The molecular formula is C19H31N5O3. The molecule has 1 amide bonds. The Bertz CT molecular complexity index is 586. The highest BCUT2D eigenvalue weighted by Gasteiger charge is 2.14. The maximum Gasteiger partial charge on any atom is 0.227 e. The number of aryl methyl sites for hydroxylation is 1. The van der Waals surface area contributed by atoms with Crippen molar-refractivity contribution in [1.82, 2.24) is 15.6 Å². The first-order chi connectivity index (χ1) is 13.2. The molecule has 8 nitrogen and oxygen atoms in total. The van der Waals surface area contributed by atoms with Crippen LogP contribution in [0.1, 0.15) is 31.2 Å². The number of aromatic nitrogens is 1. The van der Waals surface area contributed by atoms with Crippen LogP contribution in [0.2, 0.25) is 0 Å². The second-order valence-corrected chi connectivity index (χ2v) is 6.51. The number of aliphatic imine (C=N–C) groups is 1. The van der Waals surface area contributed by atoms with Crippen LogP contribution in [0.3, 0.4) is 0 Å². The smallest absolute Gasteiger partial charge is 0.227 e. The van der Waals surface area contributed by atoms with Gasteiger partial charge in [0.2, 0.25) is 5.91 Å². The maximum atomic E-state index is 11.9. The molecule has 2 heterocycles. The molecule has 1 unspecified atom stereocenters. The number of carbonyl (C=O) groups is 1. The first-order valence-corrected chi connectivity index (χ1v) is 9.53. The lowest BCUT2D eigenvalue weighted by molar-refractivity contribution is -0.116. The minimum atomic E-state index is -0.0863. The van der Waals surface area contributed by atoms with Gasteiger partial charge in [-0.1, -0.05) is 6.07 Å². The van der Waals surface area contributed by atoms with Crippen molar-refractivity contribution in [2.45, 2.75) is 38.7 Å². The Hall–Kier alpha value is -2.19. The van der Waals surface area contributed by atoms with Crippen LogP contribution < -0.4 is 16.0 Å². The highest BCUT2D eigenvalue weighted by molar-refractivity contribution is 5.90. The Morgan fingerprint density at radius 3 is 2.93 bits per heavy atom. The van der Waals surface area contributed by atoms with Gasteiger partial charge in [-0.25, -0.2) is 4.98 Å². The van der Waals surface area contributed by atoms with Gasteiger partial charge >= 0.3 is 0 Å². The molecule has 1 aliphatic heterocycles. The van der Waals surface area contributed by atoms with Crippen LogP contribution in [-0.4, -0.2) is 62.9 Å². The first kappa shape index (κ1) is 21.1. The molecule has 1 atom stereocenters. The van der Waals surface area contributed by atoms with Crippen LogP contribution in [0.4, 0.5) is 5.82 Å². The number of carbonyl (C=O) groups excluding carboxylic acids is 1. The van der Waals surface area contributed by atoms with Crippen LogP contribution in [0, 0.1) is 6.92 Å². The molecule has 1 aliphatic rings. The normalized spacial score (nSPS) is 17.0. The van der Waals surface area contributed by atoms with Crippen molar-refractivity contribution in [3.8, 4) is 0 Å². The average Bonchev–Trinajstić information content (AvgIpc) is 3.18. The highest BCUT2D eigenvalue weighted by atomic mass is 16.5. The maximum absolute atomic E-state index is 11.9. The van der Waals surface area contributed by atoms with Crippen LogP contribution in [0.15, 0.2) is 23.3 Å². The summed E-state index contributed by atoms with van der Waals surface area (Å²) in [5.41, 5.74) is 1.06. The zero-order valence-corrected chi connectivity index (χ0v) is 16.3. The number of nitrogens with zero attached hydrogens (tertiary/aromatic N) is 2. The van der Waals surface area contributed by atoms with E-state index in [4.69, 9.17) is 9.47 Å². The van der Waals surface area contributed by atoms with E-state index in [0.29, 0.717) is 38.0 Å². The molecule has 0 bridgehead atoms. The van der Waals surface area contributed by atoms with Gasteiger partial charge in [-0.15, -0.1) is 0 Å². The van der Waals surface area contributed by atoms with Crippen LogP contribution in [-0.2, 0) is 14.3 Å². The molecule has 0 aromatic carbocycles. The standard InChI is InChI=1S/C19H31N5O3/c1-15-6-7-17(23-13-15)24-18(25)8-10-22-19(20-2)21-9-4-11-26-14-16-5-3-12-27-16/h6-7,13,16H,3-5,8-12,14H2,1-2H3,(H2,20,21,22)(H,23,24,25). The Morgan fingerprint density at radius 1 is 1.37 bits per heavy atom. The largest absolute Gasteiger partial charge is 0.379 e. The van der Waals surface area contributed by atoms with Crippen molar-refractivity contribution in [1.29, 1.82) is 0 Å². The summed E-state index contributed by atoms with van der Waals surface area (Å²) in [4.78, 5) is 20.2. The molecule has 0 radical (unpaired) electrons. The minimum absolute atomic E-state index is 0.0863. The summed E-state index contributed by atoms with van der Waals surface area (Å²) in [5, 5.41) is 9.11. The van der Waals surface area contributed by atoms with E-state index in [-0.39, 0.29) is 12.0 Å². The monoisotopic (exact) mass is 377 g/mol. The lowest BCUT2D eigenvalue weighted by Gasteiger charge is -2.13. The molecule has 8 heteroatoms. The number of rotatable bonds is 10. The van der Waals surface area contributed by atoms with E-state index in [1.165, 1.54) is 0 Å². The average molecular weight is 377 g/mol. The SMILES string of the molecule is CN=C(NCCCOCC1CCCO1)NCCC(=O)Nc1ccc(C)cn1. The van der Waals surface area contributed by atoms with Crippen molar-refractivity contribution in [3.63, 3.8) is 0 Å². The van der Waals surface area contributed by atoms with E-state index in [2.05, 4.69) is 25.9 Å². The quantitative estimate of drug-likeness (QED) is 0.325. The fourth-order valence-corrected chi connectivity index (χ4v) is 2.63. The Kier molecular flexibility index (Phi) is 9.57. The van der Waals surface area contributed by atoms with Gasteiger partial charge in [0, 0.05) is 46.0 Å². The molecule has 1 fully saturated rings. The summed E-state index contributed by atoms with van der Waals surface area (Å²) in [6.45, 7) is 5.43. The predicted octanol–water partition coefficient (Wildman–Crippen LogP) is 1.47. The molecule has 0 spiro atoms. The molecule has 27 heavy (non-hydrogen) atoms. The summed E-state index contributed by atoms with van der Waals surface area (Å²) >= 11 is 0. The van der Waals surface area contributed by atoms with Gasteiger partial charge in [0.05, 0.1) is 12.7 Å². The number of guanidine groups is 1. The minimum Gasteiger partial charge on any atom is -0.379 e. The summed E-state index contributed by atoms with van der Waals surface area (Å²) in [5.74, 6) is 1.16. The second kappa shape index (κ2) is 12.2. The third kappa shape index (κ3) is 8.83. The van der Waals surface area contributed by atoms with Gasteiger partial charge in [-0.2, -0.15) is 0 Å². The highest BCUT2D eigenvalue weighted by Crippen LogP contribution is 2.11. The molecule has 150 valence electrons.